The number of aromatic nitrogens is 1. The maximum absolute atomic E-state index is 2.54. The topological polar surface area (TPSA) is 4.93 Å². The highest BCUT2D eigenvalue weighted by Gasteiger charge is 2.38. The smallest absolute Gasteiger partial charge is 0.113 e. The molecular weight excluding hydrogens is 811 g/mol. The largest absolute Gasteiger partial charge is 0.309 e. The van der Waals surface area contributed by atoms with Gasteiger partial charge in [0.2, 0.25) is 0 Å². The fraction of sp³-hybridized carbons (Fsp3) is 0.0312. The van der Waals surface area contributed by atoms with Crippen LogP contribution in [0.3, 0.4) is 0 Å². The summed E-state index contributed by atoms with van der Waals surface area (Å²) in [6.45, 7) is 5.08. The molecule has 0 fully saturated rings. The standard InChI is InChI=1S/C64H43NSi/c1-66(2)63-38-45(48-25-13-17-40-14-3-6-18-47(40)48)26-30-55(63)56-31-29-46(39-64(56)66)65-61-32-27-43(57-34-41-15-4-7-19-49(41)51-21-9-11-23-53(51)57)36-59(61)60-37-44(28-33-62(60)65)58-35-42-16-5-8-20-50(42)52-22-10-12-24-54(52)58/h3-39H,1-2H3. The molecule has 2 heterocycles. The number of hydrogen-bond donors (Lipinski definition) is 0. The molecule has 12 aromatic carbocycles. The molecule has 0 saturated carbocycles. The van der Waals surface area contributed by atoms with Crippen LogP contribution in [0.1, 0.15) is 0 Å². The SMILES string of the molecule is C[Si]1(C)c2cc(-c3cccc4ccccc34)ccc2-c2ccc(-n3c4ccc(-c5cc6ccccc6c6ccccc56)cc4c4cc(-c5cc6ccccc6c6ccccc56)ccc43)cc21. The zero-order valence-electron chi connectivity index (χ0n) is 36.8. The number of hydrogen-bond acceptors (Lipinski definition) is 0. The second-order valence-electron chi connectivity index (χ2n) is 18.8. The summed E-state index contributed by atoms with van der Waals surface area (Å²) in [5.74, 6) is 0. The van der Waals surface area contributed by atoms with Crippen molar-refractivity contribution in [3.05, 3.63) is 224 Å². The van der Waals surface area contributed by atoms with Gasteiger partial charge in [0.25, 0.3) is 0 Å². The lowest BCUT2D eigenvalue weighted by Crippen LogP contribution is -2.49. The summed E-state index contributed by atoms with van der Waals surface area (Å²) < 4.78 is 2.53. The molecule has 0 aliphatic carbocycles. The van der Waals surface area contributed by atoms with E-state index in [1.54, 1.807) is 0 Å². The molecule has 1 aliphatic rings. The molecule has 0 N–H and O–H groups in total. The number of nitrogens with zero attached hydrogens (tertiary/aromatic N) is 1. The zero-order valence-corrected chi connectivity index (χ0v) is 37.8. The fourth-order valence-corrected chi connectivity index (χ4v) is 14.8. The van der Waals surface area contributed by atoms with Crippen LogP contribution in [-0.2, 0) is 0 Å². The first-order valence-corrected chi connectivity index (χ1v) is 26.2. The highest BCUT2D eigenvalue weighted by atomic mass is 28.3. The molecule has 1 nitrogen and oxygen atoms in total. The molecule has 0 saturated heterocycles. The van der Waals surface area contributed by atoms with E-state index < -0.39 is 8.07 Å². The molecule has 66 heavy (non-hydrogen) atoms. The summed E-state index contributed by atoms with van der Waals surface area (Å²) in [6, 6.07) is 84.5. The monoisotopic (exact) mass is 853 g/mol. The quantitative estimate of drug-likeness (QED) is 0.123. The van der Waals surface area contributed by atoms with Gasteiger partial charge in [0.05, 0.1) is 11.0 Å². The Morgan fingerprint density at radius 1 is 0.273 bits per heavy atom. The summed E-state index contributed by atoms with van der Waals surface area (Å²) in [6.07, 6.45) is 0. The molecule has 2 heteroatoms. The Hall–Kier alpha value is -8.04. The van der Waals surface area contributed by atoms with Gasteiger partial charge < -0.3 is 4.57 Å². The molecule has 0 spiro atoms. The summed E-state index contributed by atoms with van der Waals surface area (Å²) >= 11 is 0. The average Bonchev–Trinajstić information content (AvgIpc) is 3.82. The van der Waals surface area contributed by atoms with E-state index in [1.807, 2.05) is 0 Å². The van der Waals surface area contributed by atoms with Gasteiger partial charge in [-0.05, 0) is 157 Å². The first-order chi connectivity index (χ1) is 32.5. The Morgan fingerprint density at radius 3 is 1.30 bits per heavy atom. The molecule has 0 bridgehead atoms. The Kier molecular flexibility index (Phi) is 7.91. The summed E-state index contributed by atoms with van der Waals surface area (Å²) in [7, 11) is -2.11. The maximum Gasteiger partial charge on any atom is 0.113 e. The fourth-order valence-electron chi connectivity index (χ4n) is 11.7. The third kappa shape index (κ3) is 5.40. The van der Waals surface area contributed by atoms with Gasteiger partial charge in [0.1, 0.15) is 8.07 Å². The lowest BCUT2D eigenvalue weighted by Gasteiger charge is -2.21. The van der Waals surface area contributed by atoms with Gasteiger partial charge in [-0.2, -0.15) is 0 Å². The van der Waals surface area contributed by atoms with Crippen molar-refractivity contribution in [2.45, 2.75) is 13.1 Å². The molecule has 1 aliphatic heterocycles. The Bertz CT molecular complexity index is 4020. The van der Waals surface area contributed by atoms with Gasteiger partial charge in [-0.15, -0.1) is 0 Å². The maximum atomic E-state index is 2.54. The van der Waals surface area contributed by atoms with E-state index >= 15 is 0 Å². The van der Waals surface area contributed by atoms with Gasteiger partial charge in [-0.25, -0.2) is 0 Å². The van der Waals surface area contributed by atoms with Crippen LogP contribution in [0.4, 0.5) is 0 Å². The van der Waals surface area contributed by atoms with E-state index in [0.717, 1.165) is 0 Å². The van der Waals surface area contributed by atoms with Gasteiger partial charge in [-0.1, -0.05) is 189 Å². The Morgan fingerprint density at radius 2 is 0.712 bits per heavy atom. The van der Waals surface area contributed by atoms with Crippen LogP contribution in [0, 0.1) is 0 Å². The van der Waals surface area contributed by atoms with E-state index in [4.69, 9.17) is 0 Å². The van der Waals surface area contributed by atoms with Gasteiger partial charge >= 0.3 is 0 Å². The zero-order chi connectivity index (χ0) is 43.7. The number of rotatable bonds is 4. The molecule has 0 amide bonds. The van der Waals surface area contributed by atoms with Gasteiger partial charge in [-0.3, -0.25) is 0 Å². The Labute approximate surface area is 384 Å². The second-order valence-corrected chi connectivity index (χ2v) is 23.2. The molecular formula is C64H43NSi. The van der Waals surface area contributed by atoms with Crippen molar-refractivity contribution in [2.24, 2.45) is 0 Å². The van der Waals surface area contributed by atoms with Crippen molar-refractivity contribution < 1.29 is 0 Å². The normalized spacial score (nSPS) is 13.1. The summed E-state index contributed by atoms with van der Waals surface area (Å²) in [4.78, 5) is 0. The van der Waals surface area contributed by atoms with E-state index in [-0.39, 0.29) is 0 Å². The van der Waals surface area contributed by atoms with Crippen molar-refractivity contribution in [3.8, 4) is 50.2 Å². The number of fused-ring (bicyclic) bond motifs is 13. The van der Waals surface area contributed by atoms with Crippen molar-refractivity contribution in [3.63, 3.8) is 0 Å². The summed E-state index contributed by atoms with van der Waals surface area (Å²) in [5.41, 5.74) is 14.0. The first-order valence-electron chi connectivity index (χ1n) is 23.2. The van der Waals surface area contributed by atoms with Gasteiger partial charge in [0.15, 0.2) is 0 Å². The van der Waals surface area contributed by atoms with Crippen LogP contribution in [0.15, 0.2) is 224 Å². The van der Waals surface area contributed by atoms with Crippen molar-refractivity contribution in [1.82, 2.24) is 4.57 Å². The molecule has 1 aromatic heterocycles. The van der Waals surface area contributed by atoms with E-state index in [2.05, 4.69) is 242 Å². The minimum atomic E-state index is -2.11. The van der Waals surface area contributed by atoms with Crippen molar-refractivity contribution >= 4 is 94.1 Å². The lowest BCUT2D eigenvalue weighted by molar-refractivity contribution is 1.18. The molecule has 308 valence electrons. The highest BCUT2D eigenvalue weighted by molar-refractivity contribution is 7.03. The molecule has 14 rings (SSSR count). The average molecular weight is 854 g/mol. The third-order valence-electron chi connectivity index (χ3n) is 14.9. The lowest BCUT2D eigenvalue weighted by atomic mass is 9.92. The predicted molar refractivity (Wildman–Crippen MR) is 287 cm³/mol. The van der Waals surface area contributed by atoms with E-state index in [9.17, 15) is 0 Å². The number of benzene rings is 12. The Balaban J connectivity index is 0.983. The van der Waals surface area contributed by atoms with E-state index in [0.29, 0.717) is 0 Å². The van der Waals surface area contributed by atoms with Crippen LogP contribution in [0.5, 0.6) is 0 Å². The van der Waals surface area contributed by atoms with Crippen molar-refractivity contribution in [1.29, 1.82) is 0 Å². The molecule has 0 radical (unpaired) electrons. The summed E-state index contributed by atoms with van der Waals surface area (Å²) in [5, 5.41) is 18.3. The minimum absolute atomic E-state index is 1.21. The van der Waals surface area contributed by atoms with Crippen LogP contribution in [-0.4, -0.2) is 12.6 Å². The molecule has 0 atom stereocenters. The van der Waals surface area contributed by atoms with Crippen LogP contribution in [0.25, 0.3) is 126 Å². The third-order valence-corrected chi connectivity index (χ3v) is 18.5. The highest BCUT2D eigenvalue weighted by Crippen LogP contribution is 2.43. The second kappa shape index (κ2) is 14.0. The van der Waals surface area contributed by atoms with Crippen LogP contribution < -0.4 is 10.4 Å². The van der Waals surface area contributed by atoms with E-state index in [1.165, 1.54) is 136 Å². The minimum Gasteiger partial charge on any atom is -0.309 e. The first kappa shape index (κ1) is 37.3. The van der Waals surface area contributed by atoms with Crippen LogP contribution >= 0.6 is 0 Å². The van der Waals surface area contributed by atoms with Crippen LogP contribution in [0.2, 0.25) is 13.1 Å². The van der Waals surface area contributed by atoms with Gasteiger partial charge in [0, 0.05) is 16.5 Å². The molecule has 0 unspecified atom stereocenters. The molecule has 13 aromatic rings. The van der Waals surface area contributed by atoms with Crippen molar-refractivity contribution in [2.75, 3.05) is 0 Å². The predicted octanol–water partition coefficient (Wildman–Crippen LogP) is 16.4.